The van der Waals surface area contributed by atoms with Crippen LogP contribution in [-0.4, -0.2) is 9.97 Å². The number of rotatable bonds is 3. The summed E-state index contributed by atoms with van der Waals surface area (Å²) in [5, 5.41) is 0. The molecule has 0 saturated heterocycles. The molecule has 2 aromatic rings. The van der Waals surface area contributed by atoms with E-state index in [1.165, 1.54) is 6.20 Å². The molecule has 0 saturated carbocycles. The first-order chi connectivity index (χ1) is 7.75. The van der Waals surface area contributed by atoms with Crippen molar-refractivity contribution in [3.05, 3.63) is 47.8 Å². The topological polar surface area (TPSA) is 61.0 Å². The Hall–Kier alpha value is -2.10. The third-order valence-corrected chi connectivity index (χ3v) is 2.15. The fourth-order valence-corrected chi connectivity index (χ4v) is 1.31. The van der Waals surface area contributed by atoms with Crippen molar-refractivity contribution < 1.29 is 4.74 Å². The second-order valence-electron chi connectivity index (χ2n) is 3.46. The largest absolute Gasteiger partial charge is 0.471 e. The number of nitrogens with two attached hydrogens (primary N) is 1. The highest BCUT2D eigenvalue weighted by Gasteiger charge is 2.03. The van der Waals surface area contributed by atoms with Crippen LogP contribution < -0.4 is 10.5 Å². The summed E-state index contributed by atoms with van der Waals surface area (Å²) in [6, 6.07) is 9.90. The van der Waals surface area contributed by atoms with Crippen LogP contribution in [-0.2, 0) is 6.61 Å². The predicted molar refractivity (Wildman–Crippen MR) is 62.0 cm³/mol. The van der Waals surface area contributed by atoms with Gasteiger partial charge in [0.2, 0.25) is 5.88 Å². The molecular weight excluding hydrogens is 202 g/mol. The zero-order chi connectivity index (χ0) is 11.4. The summed E-state index contributed by atoms with van der Waals surface area (Å²) in [5.41, 5.74) is 7.37. The Balaban J connectivity index is 2.08. The molecule has 4 heteroatoms. The van der Waals surface area contributed by atoms with Crippen LogP contribution >= 0.6 is 0 Å². The Bertz CT molecular complexity index is 471. The molecule has 1 aromatic heterocycles. The Morgan fingerprint density at radius 1 is 1.25 bits per heavy atom. The van der Waals surface area contributed by atoms with Gasteiger partial charge in [0, 0.05) is 0 Å². The summed E-state index contributed by atoms with van der Waals surface area (Å²) >= 11 is 0. The van der Waals surface area contributed by atoms with Gasteiger partial charge in [-0.25, -0.2) is 0 Å². The first-order valence-electron chi connectivity index (χ1n) is 5.01. The van der Waals surface area contributed by atoms with E-state index in [0.29, 0.717) is 18.3 Å². The Morgan fingerprint density at radius 2 is 2.00 bits per heavy atom. The number of benzene rings is 1. The molecular formula is C12H13N3O. The van der Waals surface area contributed by atoms with Crippen LogP contribution in [0.2, 0.25) is 0 Å². The molecule has 1 aromatic carbocycles. The Morgan fingerprint density at radius 3 is 2.75 bits per heavy atom. The molecule has 0 amide bonds. The second-order valence-corrected chi connectivity index (χ2v) is 3.46. The quantitative estimate of drug-likeness (QED) is 0.850. The van der Waals surface area contributed by atoms with Gasteiger partial charge in [-0.15, -0.1) is 0 Å². The van der Waals surface area contributed by atoms with Crippen LogP contribution in [0.3, 0.4) is 0 Å². The van der Waals surface area contributed by atoms with Gasteiger partial charge in [0.25, 0.3) is 0 Å². The summed E-state index contributed by atoms with van der Waals surface area (Å²) in [7, 11) is 0. The molecule has 0 atom stereocenters. The molecule has 82 valence electrons. The number of nitrogen functional groups attached to an aromatic ring is 1. The molecule has 0 radical (unpaired) electrons. The lowest BCUT2D eigenvalue weighted by atomic mass is 10.2. The summed E-state index contributed by atoms with van der Waals surface area (Å²) in [6.45, 7) is 2.31. The first-order valence-corrected chi connectivity index (χ1v) is 5.01. The third kappa shape index (κ3) is 2.48. The van der Waals surface area contributed by atoms with Crippen molar-refractivity contribution in [2.75, 3.05) is 5.73 Å². The molecule has 0 unspecified atom stereocenters. The maximum atomic E-state index is 5.55. The van der Waals surface area contributed by atoms with Gasteiger partial charge in [-0.1, -0.05) is 30.3 Å². The van der Waals surface area contributed by atoms with Crippen molar-refractivity contribution in [1.82, 2.24) is 9.97 Å². The van der Waals surface area contributed by atoms with Crippen molar-refractivity contribution in [3.63, 3.8) is 0 Å². The van der Waals surface area contributed by atoms with Crippen LogP contribution in [0.15, 0.2) is 36.5 Å². The number of hydrogen-bond acceptors (Lipinski definition) is 4. The van der Waals surface area contributed by atoms with Crippen LogP contribution in [0.25, 0.3) is 0 Å². The first kappa shape index (κ1) is 10.4. The minimum atomic E-state index is 0.369. The van der Waals surface area contributed by atoms with Gasteiger partial charge < -0.3 is 10.5 Å². The molecule has 0 aliphatic carbocycles. The van der Waals surface area contributed by atoms with E-state index in [4.69, 9.17) is 10.5 Å². The van der Waals surface area contributed by atoms with Crippen molar-refractivity contribution in [3.8, 4) is 5.88 Å². The van der Waals surface area contributed by atoms with Crippen LogP contribution in [0.1, 0.15) is 11.3 Å². The van der Waals surface area contributed by atoms with Gasteiger partial charge in [-0.2, -0.15) is 4.98 Å². The molecule has 1 heterocycles. The molecule has 0 aliphatic rings. The lowest BCUT2D eigenvalue weighted by molar-refractivity contribution is 0.290. The standard InChI is InChI=1S/C12H13N3O/c1-9-12(15-11(13)7-14-9)16-8-10-5-3-2-4-6-10/h2-7H,8H2,1H3,(H2,13,15). The van der Waals surface area contributed by atoms with Gasteiger partial charge in [-0.3, -0.25) is 4.98 Å². The van der Waals surface area contributed by atoms with E-state index in [9.17, 15) is 0 Å². The highest BCUT2D eigenvalue weighted by Crippen LogP contribution is 2.14. The minimum Gasteiger partial charge on any atom is -0.471 e. The van der Waals surface area contributed by atoms with Crippen molar-refractivity contribution in [2.45, 2.75) is 13.5 Å². The fraction of sp³-hybridized carbons (Fsp3) is 0.167. The van der Waals surface area contributed by atoms with Crippen LogP contribution in [0, 0.1) is 6.92 Å². The lowest BCUT2D eigenvalue weighted by Gasteiger charge is -2.07. The number of ether oxygens (including phenoxy) is 1. The Labute approximate surface area is 94.1 Å². The van der Waals surface area contributed by atoms with E-state index < -0.39 is 0 Å². The molecule has 0 aliphatic heterocycles. The van der Waals surface area contributed by atoms with E-state index in [1.54, 1.807) is 0 Å². The maximum absolute atomic E-state index is 5.55. The van der Waals surface area contributed by atoms with Crippen molar-refractivity contribution >= 4 is 5.82 Å². The number of anilines is 1. The molecule has 2 N–H and O–H groups in total. The normalized spacial score (nSPS) is 10.1. The minimum absolute atomic E-state index is 0.369. The smallest absolute Gasteiger partial charge is 0.237 e. The SMILES string of the molecule is Cc1ncc(N)nc1OCc1ccccc1. The van der Waals surface area contributed by atoms with E-state index in [0.717, 1.165) is 11.3 Å². The lowest BCUT2D eigenvalue weighted by Crippen LogP contribution is -2.02. The van der Waals surface area contributed by atoms with E-state index in [1.807, 2.05) is 37.3 Å². The van der Waals surface area contributed by atoms with Gasteiger partial charge >= 0.3 is 0 Å². The number of aryl methyl sites for hydroxylation is 1. The number of hydrogen-bond donors (Lipinski definition) is 1. The number of nitrogens with zero attached hydrogens (tertiary/aromatic N) is 2. The van der Waals surface area contributed by atoms with Gasteiger partial charge in [0.15, 0.2) is 0 Å². The summed E-state index contributed by atoms with van der Waals surface area (Å²) < 4.78 is 5.55. The van der Waals surface area contributed by atoms with Gasteiger partial charge in [0.1, 0.15) is 12.4 Å². The Kier molecular flexibility index (Phi) is 3.00. The molecule has 0 bridgehead atoms. The van der Waals surface area contributed by atoms with Crippen LogP contribution in [0.5, 0.6) is 5.88 Å². The van der Waals surface area contributed by atoms with Crippen molar-refractivity contribution in [1.29, 1.82) is 0 Å². The van der Waals surface area contributed by atoms with Crippen molar-refractivity contribution in [2.24, 2.45) is 0 Å². The average molecular weight is 215 g/mol. The molecule has 16 heavy (non-hydrogen) atoms. The zero-order valence-corrected chi connectivity index (χ0v) is 9.05. The monoisotopic (exact) mass is 215 g/mol. The predicted octanol–water partition coefficient (Wildman–Crippen LogP) is 1.95. The molecule has 0 spiro atoms. The highest BCUT2D eigenvalue weighted by atomic mass is 16.5. The molecule has 0 fully saturated rings. The zero-order valence-electron chi connectivity index (χ0n) is 9.05. The summed E-state index contributed by atoms with van der Waals surface area (Å²) in [6.07, 6.45) is 1.52. The average Bonchev–Trinajstić information content (AvgIpc) is 2.32. The van der Waals surface area contributed by atoms with E-state index in [2.05, 4.69) is 9.97 Å². The van der Waals surface area contributed by atoms with E-state index in [-0.39, 0.29) is 0 Å². The van der Waals surface area contributed by atoms with Gasteiger partial charge in [0.05, 0.1) is 11.9 Å². The third-order valence-electron chi connectivity index (χ3n) is 2.15. The molecule has 4 nitrogen and oxygen atoms in total. The second kappa shape index (κ2) is 4.61. The summed E-state index contributed by atoms with van der Waals surface area (Å²) in [5.74, 6) is 0.859. The van der Waals surface area contributed by atoms with Crippen LogP contribution in [0.4, 0.5) is 5.82 Å². The highest BCUT2D eigenvalue weighted by molar-refractivity contribution is 5.30. The maximum Gasteiger partial charge on any atom is 0.237 e. The van der Waals surface area contributed by atoms with E-state index >= 15 is 0 Å². The summed E-state index contributed by atoms with van der Waals surface area (Å²) in [4.78, 5) is 8.16. The molecule has 2 rings (SSSR count). The van der Waals surface area contributed by atoms with Gasteiger partial charge in [-0.05, 0) is 12.5 Å². The number of aromatic nitrogens is 2. The fourth-order valence-electron chi connectivity index (χ4n) is 1.31.